The normalized spacial score (nSPS) is 36.3. The molecule has 2 heterocycles. The minimum atomic E-state index is -0.980. The highest BCUT2D eigenvalue weighted by Crippen LogP contribution is 2.35. The fraction of sp³-hybridized carbons (Fsp3) is 0.647. The van der Waals surface area contributed by atoms with Crippen LogP contribution in [0, 0.1) is 0 Å². The zero-order valence-corrected chi connectivity index (χ0v) is 13.9. The molecule has 7 nitrogen and oxygen atoms in total. The highest BCUT2D eigenvalue weighted by Gasteiger charge is 2.50. The summed E-state index contributed by atoms with van der Waals surface area (Å²) in [6.07, 6.45) is -3.80. The summed E-state index contributed by atoms with van der Waals surface area (Å²) in [5.74, 6) is 0. The fourth-order valence-electron chi connectivity index (χ4n) is 2.94. The van der Waals surface area contributed by atoms with E-state index in [-0.39, 0.29) is 12.9 Å². The van der Waals surface area contributed by atoms with Crippen molar-refractivity contribution in [2.75, 3.05) is 27.1 Å². The molecule has 1 N–H and O–H groups in total. The molecule has 1 unspecified atom stereocenters. The lowest BCUT2D eigenvalue weighted by molar-refractivity contribution is -0.367. The number of fused-ring (bicyclic) bond motifs is 1. The number of hydrogen-bond donors (Lipinski definition) is 1. The van der Waals surface area contributed by atoms with Crippen molar-refractivity contribution in [1.29, 1.82) is 0 Å². The fourth-order valence-corrected chi connectivity index (χ4v) is 2.94. The molecule has 24 heavy (non-hydrogen) atoms. The summed E-state index contributed by atoms with van der Waals surface area (Å²) in [4.78, 5) is 0. The Balaban J connectivity index is 1.73. The molecule has 1 aromatic rings. The summed E-state index contributed by atoms with van der Waals surface area (Å²) in [6, 6.07) is 9.63. The maximum absolute atomic E-state index is 10.5. The predicted octanol–water partition coefficient (Wildman–Crippen LogP) is 1.21. The standard InChI is InChI=1S/C17H24O7/c1-3-20-10-22-15-13(18)17(19-2)23-12-9-21-16(24-14(12)15)11-7-5-4-6-8-11/h4-8,12-18H,3,9-10H2,1-2H3/t12-,13-,14-,15-,16?,17-/m1/s1. The van der Waals surface area contributed by atoms with Gasteiger partial charge in [-0.1, -0.05) is 30.3 Å². The third kappa shape index (κ3) is 3.78. The van der Waals surface area contributed by atoms with Gasteiger partial charge >= 0.3 is 0 Å². The van der Waals surface area contributed by atoms with Crippen molar-refractivity contribution in [3.63, 3.8) is 0 Å². The maximum atomic E-state index is 10.5. The third-order valence-electron chi connectivity index (χ3n) is 4.16. The molecule has 0 saturated carbocycles. The van der Waals surface area contributed by atoms with E-state index in [1.807, 2.05) is 37.3 Å². The van der Waals surface area contributed by atoms with Gasteiger partial charge in [-0.15, -0.1) is 0 Å². The molecule has 2 fully saturated rings. The van der Waals surface area contributed by atoms with Gasteiger partial charge in [-0.25, -0.2) is 0 Å². The highest BCUT2D eigenvalue weighted by molar-refractivity contribution is 5.16. The lowest BCUT2D eigenvalue weighted by Crippen LogP contribution is -2.63. The van der Waals surface area contributed by atoms with Crippen LogP contribution in [-0.2, 0) is 28.4 Å². The molecule has 2 saturated heterocycles. The molecule has 0 aromatic heterocycles. The van der Waals surface area contributed by atoms with Gasteiger partial charge in [0.15, 0.2) is 12.6 Å². The van der Waals surface area contributed by atoms with Crippen molar-refractivity contribution in [1.82, 2.24) is 0 Å². The lowest BCUT2D eigenvalue weighted by atomic mass is 9.97. The van der Waals surface area contributed by atoms with E-state index in [4.69, 9.17) is 28.4 Å². The number of rotatable bonds is 6. The van der Waals surface area contributed by atoms with E-state index in [0.717, 1.165) is 5.56 Å². The average Bonchev–Trinajstić information content (AvgIpc) is 2.63. The number of benzene rings is 1. The zero-order valence-electron chi connectivity index (χ0n) is 13.9. The summed E-state index contributed by atoms with van der Waals surface area (Å²) >= 11 is 0. The Morgan fingerprint density at radius 1 is 1.21 bits per heavy atom. The van der Waals surface area contributed by atoms with E-state index in [1.165, 1.54) is 7.11 Å². The summed E-state index contributed by atoms with van der Waals surface area (Å²) < 4.78 is 33.7. The molecule has 3 rings (SSSR count). The van der Waals surface area contributed by atoms with Crippen molar-refractivity contribution < 1.29 is 33.5 Å². The molecular formula is C17H24O7. The van der Waals surface area contributed by atoms with Gasteiger partial charge in [0.05, 0.1) is 6.61 Å². The van der Waals surface area contributed by atoms with E-state index in [1.54, 1.807) is 0 Å². The summed E-state index contributed by atoms with van der Waals surface area (Å²) in [5.41, 5.74) is 0.905. The van der Waals surface area contributed by atoms with Gasteiger partial charge < -0.3 is 33.5 Å². The zero-order chi connectivity index (χ0) is 16.9. The number of methoxy groups -OCH3 is 1. The van der Waals surface area contributed by atoms with E-state index >= 15 is 0 Å². The Morgan fingerprint density at radius 3 is 2.71 bits per heavy atom. The quantitative estimate of drug-likeness (QED) is 0.616. The highest BCUT2D eigenvalue weighted by atomic mass is 16.8. The summed E-state index contributed by atoms with van der Waals surface area (Å²) in [5, 5.41) is 10.5. The number of hydrogen-bond acceptors (Lipinski definition) is 7. The molecule has 0 aliphatic carbocycles. The van der Waals surface area contributed by atoms with Crippen LogP contribution in [0.3, 0.4) is 0 Å². The van der Waals surface area contributed by atoms with Crippen LogP contribution in [0.4, 0.5) is 0 Å². The van der Waals surface area contributed by atoms with Crippen LogP contribution in [-0.4, -0.2) is 62.9 Å². The Morgan fingerprint density at radius 2 is 2.00 bits per heavy atom. The van der Waals surface area contributed by atoms with Crippen molar-refractivity contribution in [3.05, 3.63) is 35.9 Å². The first kappa shape index (κ1) is 17.8. The van der Waals surface area contributed by atoms with Crippen LogP contribution in [0.1, 0.15) is 18.8 Å². The average molecular weight is 340 g/mol. The minimum Gasteiger partial charge on any atom is -0.385 e. The van der Waals surface area contributed by atoms with Gasteiger partial charge in [0.2, 0.25) is 0 Å². The Bertz CT molecular complexity index is 497. The molecular weight excluding hydrogens is 316 g/mol. The molecule has 0 spiro atoms. The largest absolute Gasteiger partial charge is 0.385 e. The van der Waals surface area contributed by atoms with Crippen molar-refractivity contribution in [3.8, 4) is 0 Å². The smallest absolute Gasteiger partial charge is 0.186 e. The van der Waals surface area contributed by atoms with Gasteiger partial charge in [-0.2, -0.15) is 0 Å². The summed E-state index contributed by atoms with van der Waals surface area (Å²) in [6.45, 7) is 2.79. The van der Waals surface area contributed by atoms with Crippen molar-refractivity contribution in [2.45, 2.75) is 43.9 Å². The molecule has 1 aromatic carbocycles. The molecule has 2 aliphatic heterocycles. The second kappa shape index (κ2) is 8.35. The van der Waals surface area contributed by atoms with Crippen LogP contribution in [0.5, 0.6) is 0 Å². The predicted molar refractivity (Wildman–Crippen MR) is 83.1 cm³/mol. The van der Waals surface area contributed by atoms with E-state index < -0.39 is 30.9 Å². The topological polar surface area (TPSA) is 75.6 Å². The van der Waals surface area contributed by atoms with Crippen LogP contribution in [0.15, 0.2) is 30.3 Å². The monoisotopic (exact) mass is 340 g/mol. The van der Waals surface area contributed by atoms with Crippen LogP contribution >= 0.6 is 0 Å². The lowest BCUT2D eigenvalue weighted by Gasteiger charge is -2.47. The third-order valence-corrected chi connectivity index (χ3v) is 4.16. The molecule has 134 valence electrons. The van der Waals surface area contributed by atoms with E-state index in [2.05, 4.69) is 0 Å². The molecule has 7 heteroatoms. The van der Waals surface area contributed by atoms with Crippen molar-refractivity contribution >= 4 is 0 Å². The number of aliphatic hydroxyl groups excluding tert-OH is 1. The Labute approximate surface area is 141 Å². The Kier molecular flexibility index (Phi) is 6.18. The minimum absolute atomic E-state index is 0.0676. The summed E-state index contributed by atoms with van der Waals surface area (Å²) in [7, 11) is 1.48. The second-order valence-electron chi connectivity index (χ2n) is 5.69. The van der Waals surface area contributed by atoms with Gasteiger partial charge in [0.1, 0.15) is 31.2 Å². The first-order chi connectivity index (χ1) is 11.7. The second-order valence-corrected chi connectivity index (χ2v) is 5.69. The van der Waals surface area contributed by atoms with Crippen LogP contribution < -0.4 is 0 Å². The first-order valence-corrected chi connectivity index (χ1v) is 8.12. The van der Waals surface area contributed by atoms with Crippen LogP contribution in [0.2, 0.25) is 0 Å². The van der Waals surface area contributed by atoms with E-state index in [9.17, 15) is 5.11 Å². The number of ether oxygens (including phenoxy) is 6. The van der Waals surface area contributed by atoms with Gasteiger partial charge in [-0.3, -0.25) is 0 Å². The van der Waals surface area contributed by atoms with Gasteiger partial charge in [0.25, 0.3) is 0 Å². The first-order valence-electron chi connectivity index (χ1n) is 8.12. The van der Waals surface area contributed by atoms with Gasteiger partial charge in [-0.05, 0) is 6.92 Å². The molecule has 0 radical (unpaired) electrons. The van der Waals surface area contributed by atoms with Gasteiger partial charge in [0, 0.05) is 19.3 Å². The molecule has 0 amide bonds. The van der Waals surface area contributed by atoms with Crippen molar-refractivity contribution in [2.24, 2.45) is 0 Å². The maximum Gasteiger partial charge on any atom is 0.186 e. The molecule has 0 bridgehead atoms. The Hall–Kier alpha value is -1.06. The van der Waals surface area contributed by atoms with Crippen LogP contribution in [0.25, 0.3) is 0 Å². The van der Waals surface area contributed by atoms with E-state index in [0.29, 0.717) is 13.2 Å². The molecule has 2 aliphatic rings. The molecule has 6 atom stereocenters. The number of aliphatic hydroxyl groups is 1. The SMILES string of the molecule is CCOCO[C@@H]1[C@@H](O)[C@H](OC)O[C@@H]2COC(c3ccccc3)O[C@@H]12.